The van der Waals surface area contributed by atoms with Crippen LogP contribution < -0.4 is 5.32 Å². The zero-order valence-corrected chi connectivity index (χ0v) is 15.7. The van der Waals surface area contributed by atoms with Crippen molar-refractivity contribution in [3.8, 4) is 11.4 Å². The van der Waals surface area contributed by atoms with E-state index >= 15 is 0 Å². The average molecular weight is 389 g/mol. The van der Waals surface area contributed by atoms with Crippen LogP contribution in [-0.4, -0.2) is 38.1 Å². The standard InChI is InChI=1S/C20H25F2N5O/c21-20(22)12-10-15(11-13-20)19(28)23-16-6-8-17(9-7-16)27-25-18(24-26-27)14-4-2-1-3-5-14/h1-5,15-17H,6-13H2,(H,23,28). The fourth-order valence-electron chi connectivity index (χ4n) is 4.16. The molecule has 2 saturated carbocycles. The first-order valence-corrected chi connectivity index (χ1v) is 10.0. The van der Waals surface area contributed by atoms with Crippen LogP contribution in [0.5, 0.6) is 0 Å². The number of amides is 1. The summed E-state index contributed by atoms with van der Waals surface area (Å²) in [6, 6.07) is 10.0. The summed E-state index contributed by atoms with van der Waals surface area (Å²) in [5.74, 6) is -2.32. The van der Waals surface area contributed by atoms with E-state index in [2.05, 4.69) is 20.7 Å². The summed E-state index contributed by atoms with van der Waals surface area (Å²) in [4.78, 5) is 14.1. The predicted molar refractivity (Wildman–Crippen MR) is 99.6 cm³/mol. The minimum Gasteiger partial charge on any atom is -0.353 e. The van der Waals surface area contributed by atoms with E-state index in [1.807, 2.05) is 30.3 Å². The molecule has 8 heteroatoms. The molecule has 2 aliphatic rings. The number of rotatable bonds is 4. The highest BCUT2D eigenvalue weighted by molar-refractivity contribution is 5.79. The van der Waals surface area contributed by atoms with Crippen LogP contribution in [0.25, 0.3) is 11.4 Å². The second-order valence-electron chi connectivity index (χ2n) is 7.94. The number of carbonyl (C=O) groups excluding carboxylic acids is 1. The number of nitrogens with zero attached hydrogens (tertiary/aromatic N) is 4. The Bertz CT molecular complexity index is 792. The molecule has 2 fully saturated rings. The van der Waals surface area contributed by atoms with Gasteiger partial charge in [0.25, 0.3) is 0 Å². The summed E-state index contributed by atoms with van der Waals surface area (Å²) in [5.41, 5.74) is 0.938. The Morgan fingerprint density at radius 1 is 1.04 bits per heavy atom. The van der Waals surface area contributed by atoms with Crippen molar-refractivity contribution in [1.82, 2.24) is 25.5 Å². The van der Waals surface area contributed by atoms with Gasteiger partial charge in [0, 0.05) is 30.4 Å². The molecule has 0 radical (unpaired) electrons. The summed E-state index contributed by atoms with van der Waals surface area (Å²) >= 11 is 0. The monoisotopic (exact) mass is 389 g/mol. The number of alkyl halides is 2. The fraction of sp³-hybridized carbons (Fsp3) is 0.600. The van der Waals surface area contributed by atoms with Crippen LogP contribution in [0.3, 0.4) is 0 Å². The summed E-state index contributed by atoms with van der Waals surface area (Å²) in [5, 5.41) is 15.9. The quantitative estimate of drug-likeness (QED) is 0.864. The third kappa shape index (κ3) is 4.36. The molecule has 6 nitrogen and oxygen atoms in total. The number of carbonyl (C=O) groups is 1. The van der Waals surface area contributed by atoms with Crippen molar-refractivity contribution in [3.05, 3.63) is 30.3 Å². The minimum atomic E-state index is -2.60. The van der Waals surface area contributed by atoms with Gasteiger partial charge < -0.3 is 5.32 Å². The molecule has 1 aromatic heterocycles. The van der Waals surface area contributed by atoms with Crippen molar-refractivity contribution in [1.29, 1.82) is 0 Å². The molecule has 2 aliphatic carbocycles. The SMILES string of the molecule is O=C(NC1CCC(n2nnc(-c3ccccc3)n2)CC1)C1CCC(F)(F)CC1. The Morgan fingerprint density at radius 2 is 1.71 bits per heavy atom. The van der Waals surface area contributed by atoms with Gasteiger partial charge in [-0.25, -0.2) is 8.78 Å². The topological polar surface area (TPSA) is 72.7 Å². The van der Waals surface area contributed by atoms with Crippen LogP contribution in [-0.2, 0) is 4.79 Å². The zero-order valence-electron chi connectivity index (χ0n) is 15.7. The molecule has 1 aromatic carbocycles. The van der Waals surface area contributed by atoms with Crippen LogP contribution >= 0.6 is 0 Å². The molecule has 1 heterocycles. The van der Waals surface area contributed by atoms with Crippen LogP contribution in [0.4, 0.5) is 8.78 Å². The molecular weight excluding hydrogens is 364 g/mol. The Morgan fingerprint density at radius 3 is 2.39 bits per heavy atom. The van der Waals surface area contributed by atoms with Gasteiger partial charge in [-0.2, -0.15) is 4.80 Å². The molecule has 0 bridgehead atoms. The van der Waals surface area contributed by atoms with Crippen molar-refractivity contribution >= 4 is 5.91 Å². The highest BCUT2D eigenvalue weighted by atomic mass is 19.3. The maximum Gasteiger partial charge on any atom is 0.248 e. The Kier molecular flexibility index (Phi) is 5.37. The van der Waals surface area contributed by atoms with Crippen LogP contribution in [0, 0.1) is 5.92 Å². The van der Waals surface area contributed by atoms with Gasteiger partial charge >= 0.3 is 0 Å². The molecule has 1 N–H and O–H groups in total. The van der Waals surface area contributed by atoms with Crippen LogP contribution in [0.1, 0.15) is 57.4 Å². The number of benzene rings is 1. The maximum atomic E-state index is 13.3. The highest BCUT2D eigenvalue weighted by Gasteiger charge is 2.38. The van der Waals surface area contributed by atoms with Crippen molar-refractivity contribution in [2.24, 2.45) is 5.92 Å². The van der Waals surface area contributed by atoms with Gasteiger partial charge in [-0.3, -0.25) is 4.79 Å². The third-order valence-electron chi connectivity index (χ3n) is 5.92. The highest BCUT2D eigenvalue weighted by Crippen LogP contribution is 2.36. The number of nitrogens with one attached hydrogen (secondary N) is 1. The molecular formula is C20H25F2N5O. The van der Waals surface area contributed by atoms with Gasteiger partial charge in [0.2, 0.25) is 17.7 Å². The molecule has 0 unspecified atom stereocenters. The first kappa shape index (κ1) is 19.0. The minimum absolute atomic E-state index is 0.0656. The van der Waals surface area contributed by atoms with Crippen LogP contribution in [0.2, 0.25) is 0 Å². The molecule has 1 amide bonds. The summed E-state index contributed by atoms with van der Waals surface area (Å²) in [7, 11) is 0. The number of hydrogen-bond donors (Lipinski definition) is 1. The van der Waals surface area contributed by atoms with E-state index in [9.17, 15) is 13.6 Å². The lowest BCUT2D eigenvalue weighted by molar-refractivity contribution is -0.130. The molecule has 0 saturated heterocycles. The molecule has 28 heavy (non-hydrogen) atoms. The van der Waals surface area contributed by atoms with E-state index in [-0.39, 0.29) is 49.6 Å². The van der Waals surface area contributed by atoms with E-state index in [1.54, 1.807) is 4.80 Å². The first-order valence-electron chi connectivity index (χ1n) is 10.0. The molecule has 0 atom stereocenters. The summed E-state index contributed by atoms with van der Waals surface area (Å²) < 4.78 is 26.5. The maximum absolute atomic E-state index is 13.3. The van der Waals surface area contributed by atoms with E-state index in [0.29, 0.717) is 5.82 Å². The van der Waals surface area contributed by atoms with Crippen molar-refractivity contribution in [3.63, 3.8) is 0 Å². The van der Waals surface area contributed by atoms with Crippen molar-refractivity contribution in [2.45, 2.75) is 69.4 Å². The molecule has 4 rings (SSSR count). The van der Waals surface area contributed by atoms with Gasteiger partial charge in [0.05, 0.1) is 6.04 Å². The van der Waals surface area contributed by atoms with Gasteiger partial charge in [0.1, 0.15) is 0 Å². The fourth-order valence-corrected chi connectivity index (χ4v) is 4.16. The van der Waals surface area contributed by atoms with Gasteiger partial charge in [-0.05, 0) is 43.7 Å². The van der Waals surface area contributed by atoms with Crippen LogP contribution in [0.15, 0.2) is 30.3 Å². The lowest BCUT2D eigenvalue weighted by Gasteiger charge is -2.31. The average Bonchev–Trinajstić information content (AvgIpc) is 3.19. The number of hydrogen-bond acceptors (Lipinski definition) is 4. The Labute approximate surface area is 162 Å². The first-order chi connectivity index (χ1) is 13.5. The lowest BCUT2D eigenvalue weighted by Crippen LogP contribution is -2.43. The number of aromatic nitrogens is 4. The Balaban J connectivity index is 1.27. The van der Waals surface area contributed by atoms with Crippen molar-refractivity contribution < 1.29 is 13.6 Å². The van der Waals surface area contributed by atoms with Crippen molar-refractivity contribution in [2.75, 3.05) is 0 Å². The number of halogens is 2. The molecule has 0 aliphatic heterocycles. The van der Waals surface area contributed by atoms with E-state index < -0.39 is 5.92 Å². The van der Waals surface area contributed by atoms with Gasteiger partial charge in [0.15, 0.2) is 0 Å². The molecule has 150 valence electrons. The predicted octanol–water partition coefficient (Wildman–Crippen LogP) is 3.77. The lowest BCUT2D eigenvalue weighted by atomic mass is 9.85. The smallest absolute Gasteiger partial charge is 0.248 e. The number of tetrazole rings is 1. The largest absolute Gasteiger partial charge is 0.353 e. The molecule has 0 spiro atoms. The second-order valence-corrected chi connectivity index (χ2v) is 7.94. The summed E-state index contributed by atoms with van der Waals surface area (Å²) in [6.07, 6.45) is 3.58. The zero-order chi connectivity index (χ0) is 19.6. The Hall–Kier alpha value is -2.38. The van der Waals surface area contributed by atoms with Gasteiger partial charge in [-0.1, -0.05) is 30.3 Å². The van der Waals surface area contributed by atoms with E-state index in [1.165, 1.54) is 0 Å². The molecule has 2 aromatic rings. The van der Waals surface area contributed by atoms with Gasteiger partial charge in [-0.15, -0.1) is 10.2 Å². The van der Waals surface area contributed by atoms with E-state index in [0.717, 1.165) is 31.2 Å². The second kappa shape index (κ2) is 7.93. The normalized spacial score (nSPS) is 25.4. The summed E-state index contributed by atoms with van der Waals surface area (Å²) in [6.45, 7) is 0. The van der Waals surface area contributed by atoms with E-state index in [4.69, 9.17) is 0 Å². The third-order valence-corrected chi connectivity index (χ3v) is 5.92.